The van der Waals surface area contributed by atoms with E-state index in [9.17, 15) is 19.5 Å². The Morgan fingerprint density at radius 1 is 0.742 bits per heavy atom. The van der Waals surface area contributed by atoms with Gasteiger partial charge >= 0.3 is 12.1 Å². The Morgan fingerprint density at radius 3 is 1.92 bits per heavy atom. The number of aromatic nitrogens is 1. The molecule has 0 saturated heterocycles. The van der Waals surface area contributed by atoms with Gasteiger partial charge in [0.15, 0.2) is 8.32 Å². The smallest absolute Gasteiger partial charge is 0.407 e. The van der Waals surface area contributed by atoms with Gasteiger partial charge in [0, 0.05) is 29.6 Å². The first-order chi connectivity index (χ1) is 29.4. The Kier molecular flexibility index (Phi) is 14.1. The number of carbonyl (C=O) groups excluding carboxylic acids is 1. The van der Waals surface area contributed by atoms with Crippen molar-refractivity contribution in [3.05, 3.63) is 178 Å². The fourth-order valence-corrected chi connectivity index (χ4v) is 8.69. The zero-order chi connectivity index (χ0) is 44.7. The van der Waals surface area contributed by atoms with Gasteiger partial charge in [0.2, 0.25) is 5.56 Å². The lowest BCUT2D eigenvalue weighted by Crippen LogP contribution is -2.46. The van der Waals surface area contributed by atoms with Crippen LogP contribution in [-0.2, 0) is 11.0 Å². The van der Waals surface area contributed by atoms with E-state index < -0.39 is 20.5 Å². The van der Waals surface area contributed by atoms with E-state index in [1.165, 1.54) is 11.0 Å². The Hall–Kier alpha value is -6.17. The summed E-state index contributed by atoms with van der Waals surface area (Å²) in [6, 6.07) is 43.4. The second-order valence-electron chi connectivity index (χ2n) is 18.5. The van der Waals surface area contributed by atoms with Crippen molar-refractivity contribution in [2.24, 2.45) is 5.41 Å². The van der Waals surface area contributed by atoms with Crippen LogP contribution in [0.2, 0.25) is 18.1 Å². The first-order valence-electron chi connectivity index (χ1n) is 21.2. The zero-order valence-corrected chi connectivity index (χ0v) is 38.1. The summed E-state index contributed by atoms with van der Waals surface area (Å²) in [5, 5.41) is 17.7. The van der Waals surface area contributed by atoms with E-state index in [1.807, 2.05) is 127 Å². The number of nitrogens with one attached hydrogen (secondary N) is 3. The number of carbonyl (C=O) groups is 2. The molecule has 0 bridgehead atoms. The Morgan fingerprint density at radius 2 is 1.34 bits per heavy atom. The van der Waals surface area contributed by atoms with Crippen LogP contribution in [0.1, 0.15) is 87.4 Å². The van der Waals surface area contributed by atoms with Gasteiger partial charge in [0.25, 0.3) is 0 Å². The van der Waals surface area contributed by atoms with E-state index in [0.717, 1.165) is 33.2 Å². The van der Waals surface area contributed by atoms with E-state index in [1.54, 1.807) is 6.07 Å². The number of benzene rings is 5. The summed E-state index contributed by atoms with van der Waals surface area (Å²) in [7, 11) is -2.51. The molecule has 1 heterocycles. The van der Waals surface area contributed by atoms with Gasteiger partial charge in [-0.3, -0.25) is 4.79 Å². The molecule has 0 aliphatic carbocycles. The SMILES string of the molecule is CC(C)(C)C(CN(C[C@H](O[Si](C)(C)C(C)(C)C)c1ccc(OCc2ccccc2)c2[nH]c(=O)ccc12)C(=O)O)c1cccc(NC(=O)NC(c2ccccc2)c2ccccc2)c1. The lowest BCUT2D eigenvalue weighted by molar-refractivity contribution is 0.0907. The molecule has 0 saturated carbocycles. The maximum atomic E-state index is 13.6. The van der Waals surface area contributed by atoms with Crippen molar-refractivity contribution >= 4 is 37.0 Å². The van der Waals surface area contributed by atoms with Gasteiger partial charge in [-0.2, -0.15) is 0 Å². The predicted molar refractivity (Wildman–Crippen MR) is 251 cm³/mol. The van der Waals surface area contributed by atoms with Crippen LogP contribution in [0.4, 0.5) is 15.3 Å². The number of ether oxygens (including phenoxy) is 1. The molecule has 62 heavy (non-hydrogen) atoms. The van der Waals surface area contributed by atoms with Crippen molar-refractivity contribution in [1.82, 2.24) is 15.2 Å². The fourth-order valence-electron chi connectivity index (χ4n) is 7.43. The van der Waals surface area contributed by atoms with Crippen molar-refractivity contribution in [3.63, 3.8) is 0 Å². The average molecular weight is 853 g/mol. The number of nitrogens with zero attached hydrogens (tertiary/aromatic N) is 1. The minimum Gasteiger partial charge on any atom is -0.487 e. The first kappa shape index (κ1) is 45.4. The highest BCUT2D eigenvalue weighted by Gasteiger charge is 2.41. The first-order valence-corrected chi connectivity index (χ1v) is 24.1. The zero-order valence-electron chi connectivity index (χ0n) is 37.1. The van der Waals surface area contributed by atoms with Gasteiger partial charge in [0.1, 0.15) is 12.4 Å². The minimum atomic E-state index is -2.51. The number of hydrogen-bond donors (Lipinski definition) is 4. The van der Waals surface area contributed by atoms with Gasteiger partial charge in [-0.25, -0.2) is 9.59 Å². The lowest BCUT2D eigenvalue weighted by Gasteiger charge is -2.41. The molecule has 6 rings (SSSR count). The number of hydrogen-bond acceptors (Lipinski definition) is 5. The molecule has 4 N–H and O–H groups in total. The van der Waals surface area contributed by atoms with Crippen LogP contribution >= 0.6 is 0 Å². The van der Waals surface area contributed by atoms with E-state index in [2.05, 4.69) is 70.3 Å². The molecule has 3 amide bonds. The number of H-pyrrole nitrogens is 1. The molecule has 0 fully saturated rings. The number of anilines is 1. The largest absolute Gasteiger partial charge is 0.487 e. The number of urea groups is 1. The highest BCUT2D eigenvalue weighted by atomic mass is 28.4. The number of amides is 3. The van der Waals surface area contributed by atoms with Crippen LogP contribution in [0.25, 0.3) is 10.9 Å². The third-order valence-electron chi connectivity index (χ3n) is 11.9. The van der Waals surface area contributed by atoms with Crippen LogP contribution in [-0.4, -0.2) is 48.5 Å². The van der Waals surface area contributed by atoms with Crippen molar-refractivity contribution in [3.8, 4) is 5.75 Å². The van der Waals surface area contributed by atoms with Gasteiger partial charge in [-0.15, -0.1) is 0 Å². The molecular weight excluding hydrogens is 793 g/mol. The molecule has 6 aromatic rings. The van der Waals surface area contributed by atoms with Crippen molar-refractivity contribution < 1.29 is 23.9 Å². The standard InChI is InChI=1S/C51H60N4O6Si/c1-50(2,3)42(38-25-18-26-39(31-38)52-48(57)54-46(36-21-14-10-15-22-36)37-23-16-11-17-24-37)32-55(49(58)59)33-44(61-62(7,8)51(4,5)6)40-27-29-43(47-41(40)28-30-45(56)53-47)60-34-35-19-12-9-13-20-35/h9-31,42,44,46H,32-34H2,1-8H3,(H,53,56)(H,58,59)(H2,52,54,57)/t42?,44-/m0/s1. The minimum absolute atomic E-state index is 0.0353. The molecule has 5 aromatic carbocycles. The molecular formula is C51H60N4O6Si. The fraction of sp³-hybridized carbons (Fsp3) is 0.314. The quantitative estimate of drug-likeness (QED) is 0.0761. The number of aromatic amines is 1. The molecule has 324 valence electrons. The number of fused-ring (bicyclic) bond motifs is 1. The maximum Gasteiger partial charge on any atom is 0.407 e. The summed E-state index contributed by atoms with van der Waals surface area (Å²) in [5.74, 6) is 0.234. The third-order valence-corrected chi connectivity index (χ3v) is 16.4. The molecule has 0 aliphatic rings. The summed E-state index contributed by atoms with van der Waals surface area (Å²) >= 11 is 0. The van der Waals surface area contributed by atoms with Gasteiger partial charge in [-0.1, -0.05) is 151 Å². The van der Waals surface area contributed by atoms with Crippen molar-refractivity contribution in [1.29, 1.82) is 0 Å². The monoisotopic (exact) mass is 852 g/mol. The van der Waals surface area contributed by atoms with E-state index in [0.29, 0.717) is 23.6 Å². The van der Waals surface area contributed by atoms with Crippen LogP contribution in [0.5, 0.6) is 5.75 Å². The molecule has 1 unspecified atom stereocenters. The predicted octanol–water partition coefficient (Wildman–Crippen LogP) is 11.9. The van der Waals surface area contributed by atoms with Crippen LogP contribution in [0, 0.1) is 5.41 Å². The summed E-state index contributed by atoms with van der Waals surface area (Å²) in [5.41, 5.74) is 4.98. The number of rotatable bonds is 15. The van der Waals surface area contributed by atoms with Gasteiger partial charge in [0.05, 0.1) is 24.2 Å². The topological polar surface area (TPSA) is 133 Å². The number of carboxylic acid groups (broad SMARTS) is 1. The highest BCUT2D eigenvalue weighted by Crippen LogP contribution is 2.43. The van der Waals surface area contributed by atoms with E-state index >= 15 is 0 Å². The van der Waals surface area contributed by atoms with E-state index in [4.69, 9.17) is 9.16 Å². The molecule has 0 aliphatic heterocycles. The summed E-state index contributed by atoms with van der Waals surface area (Å²) < 4.78 is 13.4. The van der Waals surface area contributed by atoms with Crippen LogP contribution in [0.3, 0.4) is 0 Å². The van der Waals surface area contributed by atoms with Crippen LogP contribution < -0.4 is 20.9 Å². The van der Waals surface area contributed by atoms with E-state index in [-0.39, 0.29) is 47.1 Å². The molecule has 1 aromatic heterocycles. The van der Waals surface area contributed by atoms with Crippen LogP contribution in [0.15, 0.2) is 144 Å². The summed E-state index contributed by atoms with van der Waals surface area (Å²) in [6.07, 6.45) is -1.76. The average Bonchev–Trinajstić information content (AvgIpc) is 3.23. The Balaban J connectivity index is 1.30. The lowest BCUT2D eigenvalue weighted by atomic mass is 9.76. The Labute approximate surface area is 366 Å². The summed E-state index contributed by atoms with van der Waals surface area (Å²) in [6.45, 7) is 17.5. The highest BCUT2D eigenvalue weighted by molar-refractivity contribution is 6.74. The van der Waals surface area contributed by atoms with Crippen molar-refractivity contribution in [2.45, 2.75) is 84.3 Å². The Bertz CT molecular complexity index is 2460. The number of pyridine rings is 1. The summed E-state index contributed by atoms with van der Waals surface area (Å²) in [4.78, 5) is 44.2. The molecule has 0 radical (unpaired) electrons. The molecule has 0 spiro atoms. The molecule has 11 heteroatoms. The second kappa shape index (κ2) is 19.3. The van der Waals surface area contributed by atoms with Crippen molar-refractivity contribution in [2.75, 3.05) is 18.4 Å². The normalized spacial score (nSPS) is 13.0. The second-order valence-corrected chi connectivity index (χ2v) is 23.2. The third kappa shape index (κ3) is 11.4. The van der Waals surface area contributed by atoms with Gasteiger partial charge < -0.3 is 34.8 Å². The van der Waals surface area contributed by atoms with Gasteiger partial charge in [-0.05, 0) is 75.6 Å². The molecule has 2 atom stereocenters. The maximum absolute atomic E-state index is 13.6. The molecule has 10 nitrogen and oxygen atoms in total.